The molecule has 1 unspecified atom stereocenters. The molecule has 1 atom stereocenters. The van der Waals surface area contributed by atoms with E-state index < -0.39 is 6.04 Å². The lowest BCUT2D eigenvalue weighted by Gasteiger charge is -2.25. The molecule has 1 aromatic heterocycles. The second kappa shape index (κ2) is 10.4. The molecule has 5 nitrogen and oxygen atoms in total. The Bertz CT molecular complexity index is 1420. The number of aryl methyl sites for hydroxylation is 1. The number of hydrogen-bond acceptors (Lipinski definition) is 4. The first-order valence-corrected chi connectivity index (χ1v) is 12.7. The smallest absolute Gasteiger partial charge is 0.290 e. The van der Waals surface area contributed by atoms with Gasteiger partial charge in [-0.1, -0.05) is 73.9 Å². The highest BCUT2D eigenvalue weighted by atomic mass is 16.5. The number of carbonyl (C=O) groups excluding carboxylic acids is 1. The summed E-state index contributed by atoms with van der Waals surface area (Å²) >= 11 is 0. The van der Waals surface area contributed by atoms with E-state index in [4.69, 9.17) is 9.15 Å². The summed E-state index contributed by atoms with van der Waals surface area (Å²) in [5.41, 5.74) is 3.70. The van der Waals surface area contributed by atoms with Crippen LogP contribution in [0.25, 0.3) is 11.0 Å². The van der Waals surface area contributed by atoms with Crippen molar-refractivity contribution >= 4 is 16.9 Å². The summed E-state index contributed by atoms with van der Waals surface area (Å²) < 4.78 is 12.0. The average molecular weight is 482 g/mol. The highest BCUT2D eigenvalue weighted by molar-refractivity contribution is 5.99. The number of fused-ring (bicyclic) bond motifs is 2. The van der Waals surface area contributed by atoms with Gasteiger partial charge in [0, 0.05) is 6.54 Å². The first-order valence-electron chi connectivity index (χ1n) is 12.7. The number of unbranched alkanes of at least 4 members (excludes halogenated alkanes) is 2. The number of ether oxygens (including phenoxy) is 1. The van der Waals surface area contributed by atoms with Crippen molar-refractivity contribution < 1.29 is 13.9 Å². The number of amides is 1. The van der Waals surface area contributed by atoms with Crippen LogP contribution in [-0.2, 0) is 6.42 Å². The zero-order chi connectivity index (χ0) is 25.1. The molecule has 0 aliphatic carbocycles. The molecule has 1 aliphatic rings. The summed E-state index contributed by atoms with van der Waals surface area (Å²) in [6, 6.07) is 22.8. The van der Waals surface area contributed by atoms with Crippen LogP contribution in [-0.4, -0.2) is 24.0 Å². The molecule has 4 aromatic rings. The molecule has 2 heterocycles. The van der Waals surface area contributed by atoms with Crippen molar-refractivity contribution in [3.8, 4) is 5.75 Å². The Morgan fingerprint density at radius 2 is 1.72 bits per heavy atom. The van der Waals surface area contributed by atoms with Gasteiger partial charge >= 0.3 is 0 Å². The van der Waals surface area contributed by atoms with Gasteiger partial charge in [0.25, 0.3) is 5.91 Å². The second-order valence-electron chi connectivity index (χ2n) is 9.43. The van der Waals surface area contributed by atoms with Crippen molar-refractivity contribution in [2.75, 3.05) is 13.2 Å². The topological polar surface area (TPSA) is 59.8 Å². The Balaban J connectivity index is 1.53. The molecule has 5 rings (SSSR count). The highest BCUT2D eigenvalue weighted by Gasteiger charge is 2.42. The van der Waals surface area contributed by atoms with Crippen LogP contribution in [0.1, 0.15) is 65.0 Å². The molecule has 0 spiro atoms. The number of carbonyl (C=O) groups is 1. The molecule has 5 heteroatoms. The van der Waals surface area contributed by atoms with Gasteiger partial charge in [0.05, 0.1) is 23.6 Å². The summed E-state index contributed by atoms with van der Waals surface area (Å²) in [6.45, 7) is 5.26. The third kappa shape index (κ3) is 4.66. The minimum atomic E-state index is -0.508. The van der Waals surface area contributed by atoms with Crippen molar-refractivity contribution in [3.05, 3.63) is 111 Å². The Morgan fingerprint density at radius 3 is 2.47 bits per heavy atom. The number of benzene rings is 3. The van der Waals surface area contributed by atoms with Gasteiger partial charge in [-0.05, 0) is 55.2 Å². The molecular weight excluding hydrogens is 450 g/mol. The fraction of sp³-hybridized carbons (Fsp3) is 0.290. The molecule has 0 radical (unpaired) electrons. The molecule has 0 bridgehead atoms. The lowest BCUT2D eigenvalue weighted by Crippen LogP contribution is -2.31. The van der Waals surface area contributed by atoms with Gasteiger partial charge in [0.1, 0.15) is 11.3 Å². The van der Waals surface area contributed by atoms with E-state index in [-0.39, 0.29) is 17.1 Å². The summed E-state index contributed by atoms with van der Waals surface area (Å²) in [5, 5.41) is 0.507. The third-order valence-electron chi connectivity index (χ3n) is 6.82. The normalized spacial score (nSPS) is 14.9. The summed E-state index contributed by atoms with van der Waals surface area (Å²) in [4.78, 5) is 29.1. The van der Waals surface area contributed by atoms with Gasteiger partial charge in [0.2, 0.25) is 5.76 Å². The molecule has 3 aromatic carbocycles. The van der Waals surface area contributed by atoms with Gasteiger partial charge in [0.15, 0.2) is 5.43 Å². The van der Waals surface area contributed by atoms with Crippen LogP contribution in [0, 0.1) is 6.92 Å². The fourth-order valence-electron chi connectivity index (χ4n) is 4.89. The quantitative estimate of drug-likeness (QED) is 0.258. The minimum Gasteiger partial charge on any atom is -0.494 e. The summed E-state index contributed by atoms with van der Waals surface area (Å²) in [5.74, 6) is 0.691. The van der Waals surface area contributed by atoms with Gasteiger partial charge in [-0.25, -0.2) is 0 Å². The third-order valence-corrected chi connectivity index (χ3v) is 6.82. The highest BCUT2D eigenvalue weighted by Crippen LogP contribution is 2.38. The van der Waals surface area contributed by atoms with Crippen LogP contribution in [0.5, 0.6) is 5.75 Å². The van der Waals surface area contributed by atoms with Crippen LogP contribution in [0.15, 0.2) is 82.0 Å². The summed E-state index contributed by atoms with van der Waals surface area (Å²) in [7, 11) is 0. The second-order valence-corrected chi connectivity index (χ2v) is 9.43. The standard InChI is InChI=1S/C31H31NO4/c1-3-4-8-19-35-24-14-12-23(13-15-24)28-27-29(33)25-20-21(2)11-16-26(25)36-30(27)31(34)32(28)18-17-22-9-6-5-7-10-22/h5-7,9-16,20,28H,3-4,8,17-19H2,1-2H3. The number of hydrogen-bond donors (Lipinski definition) is 0. The predicted octanol–water partition coefficient (Wildman–Crippen LogP) is 6.46. The van der Waals surface area contributed by atoms with E-state index in [1.807, 2.05) is 73.7 Å². The molecule has 36 heavy (non-hydrogen) atoms. The SMILES string of the molecule is CCCCCOc1ccc(C2c3c(oc4ccc(C)cc4c3=O)C(=O)N2CCc2ccccc2)cc1. The maximum Gasteiger partial charge on any atom is 0.290 e. The Kier molecular flexibility index (Phi) is 6.90. The molecule has 0 saturated heterocycles. The van der Waals surface area contributed by atoms with Crippen molar-refractivity contribution in [2.45, 2.75) is 45.6 Å². The lowest BCUT2D eigenvalue weighted by atomic mass is 9.98. The van der Waals surface area contributed by atoms with E-state index in [1.54, 1.807) is 11.0 Å². The van der Waals surface area contributed by atoms with Crippen molar-refractivity contribution in [1.82, 2.24) is 4.90 Å². The molecule has 1 aliphatic heterocycles. The van der Waals surface area contributed by atoms with Gasteiger partial charge < -0.3 is 14.1 Å². The van der Waals surface area contributed by atoms with Crippen LogP contribution in [0.3, 0.4) is 0 Å². The van der Waals surface area contributed by atoms with Gasteiger partial charge in [-0.3, -0.25) is 9.59 Å². The lowest BCUT2D eigenvalue weighted by molar-refractivity contribution is 0.0730. The fourth-order valence-corrected chi connectivity index (χ4v) is 4.89. The summed E-state index contributed by atoms with van der Waals surface area (Å²) in [6.07, 6.45) is 3.98. The number of nitrogens with zero attached hydrogens (tertiary/aromatic N) is 1. The van der Waals surface area contributed by atoms with Crippen LogP contribution < -0.4 is 10.2 Å². The number of rotatable bonds is 9. The van der Waals surface area contributed by atoms with Crippen molar-refractivity contribution in [3.63, 3.8) is 0 Å². The molecule has 1 amide bonds. The van der Waals surface area contributed by atoms with E-state index in [1.165, 1.54) is 0 Å². The average Bonchev–Trinajstić information content (AvgIpc) is 3.18. The predicted molar refractivity (Wildman–Crippen MR) is 142 cm³/mol. The van der Waals surface area contributed by atoms with Crippen LogP contribution in [0.2, 0.25) is 0 Å². The Morgan fingerprint density at radius 1 is 0.944 bits per heavy atom. The minimum absolute atomic E-state index is 0.143. The molecular formula is C31H31NO4. The van der Waals surface area contributed by atoms with Crippen molar-refractivity contribution in [2.24, 2.45) is 0 Å². The zero-order valence-corrected chi connectivity index (χ0v) is 20.8. The Labute approximate surface area is 211 Å². The van der Waals surface area contributed by atoms with Crippen LogP contribution >= 0.6 is 0 Å². The van der Waals surface area contributed by atoms with Crippen molar-refractivity contribution in [1.29, 1.82) is 0 Å². The van der Waals surface area contributed by atoms with E-state index in [0.29, 0.717) is 36.1 Å². The molecule has 0 N–H and O–H groups in total. The van der Waals surface area contributed by atoms with Gasteiger partial charge in [-0.15, -0.1) is 0 Å². The van der Waals surface area contributed by atoms with Gasteiger partial charge in [-0.2, -0.15) is 0 Å². The molecule has 0 fully saturated rings. The van der Waals surface area contributed by atoms with E-state index in [0.717, 1.165) is 41.7 Å². The zero-order valence-electron chi connectivity index (χ0n) is 20.8. The van der Waals surface area contributed by atoms with E-state index in [9.17, 15) is 9.59 Å². The maximum atomic E-state index is 13.7. The Hall–Kier alpha value is -3.86. The first kappa shape index (κ1) is 23.9. The molecule has 184 valence electrons. The van der Waals surface area contributed by atoms with Crippen LogP contribution in [0.4, 0.5) is 0 Å². The maximum absolute atomic E-state index is 13.7. The monoisotopic (exact) mass is 481 g/mol. The largest absolute Gasteiger partial charge is 0.494 e. The van der Waals surface area contributed by atoms with E-state index in [2.05, 4.69) is 6.92 Å². The molecule has 0 saturated carbocycles. The first-order chi connectivity index (χ1) is 17.6. The van der Waals surface area contributed by atoms with E-state index >= 15 is 0 Å².